The van der Waals surface area contributed by atoms with Crippen LogP contribution in [0, 0.1) is 12.7 Å². The van der Waals surface area contributed by atoms with E-state index in [1.807, 2.05) is 11.8 Å². The quantitative estimate of drug-likeness (QED) is 0.942. The normalized spacial score (nSPS) is 18.2. The number of morpholine rings is 1. The van der Waals surface area contributed by atoms with Crippen LogP contribution in [0.3, 0.4) is 0 Å². The maximum atomic E-state index is 12.9. The van der Waals surface area contributed by atoms with Crippen LogP contribution in [0.25, 0.3) is 0 Å². The van der Waals surface area contributed by atoms with Crippen LogP contribution in [-0.4, -0.2) is 40.5 Å². The largest absolute Gasteiger partial charge is 0.367 e. The second-order valence-corrected chi connectivity index (χ2v) is 5.78. The molecule has 1 aromatic carbocycles. The zero-order chi connectivity index (χ0) is 16.2. The predicted molar refractivity (Wildman–Crippen MR) is 83.3 cm³/mol. The number of H-pyrrole nitrogens is 1. The minimum Gasteiger partial charge on any atom is -0.367 e. The van der Waals surface area contributed by atoms with E-state index in [9.17, 15) is 9.18 Å². The smallest absolute Gasteiger partial charge is 0.223 e. The Hall–Kier alpha value is -2.21. The lowest BCUT2D eigenvalue weighted by molar-refractivity contribution is -0.139. The van der Waals surface area contributed by atoms with E-state index < -0.39 is 0 Å². The van der Waals surface area contributed by atoms with Gasteiger partial charge in [0.2, 0.25) is 5.91 Å². The number of hydrogen-bond donors (Lipinski definition) is 1. The summed E-state index contributed by atoms with van der Waals surface area (Å²) >= 11 is 0. The van der Waals surface area contributed by atoms with Crippen molar-refractivity contribution in [2.24, 2.45) is 0 Å². The second kappa shape index (κ2) is 6.91. The van der Waals surface area contributed by atoms with E-state index in [4.69, 9.17) is 4.74 Å². The van der Waals surface area contributed by atoms with Crippen molar-refractivity contribution in [1.29, 1.82) is 0 Å². The van der Waals surface area contributed by atoms with Crippen LogP contribution in [0.15, 0.2) is 30.5 Å². The average Bonchev–Trinajstić information content (AvgIpc) is 3.01. The summed E-state index contributed by atoms with van der Waals surface area (Å²) in [6, 6.07) is 6.28. The van der Waals surface area contributed by atoms with Gasteiger partial charge in [-0.2, -0.15) is 0 Å². The molecule has 2 aromatic rings. The number of aromatic nitrogens is 2. The number of amides is 1. The molecular formula is C17H20FN3O2. The molecule has 1 aliphatic heterocycles. The van der Waals surface area contributed by atoms with E-state index >= 15 is 0 Å². The van der Waals surface area contributed by atoms with Gasteiger partial charge in [-0.05, 0) is 31.0 Å². The maximum Gasteiger partial charge on any atom is 0.223 e. The summed E-state index contributed by atoms with van der Waals surface area (Å²) in [5, 5.41) is 0. The van der Waals surface area contributed by atoms with Crippen LogP contribution in [0.4, 0.5) is 4.39 Å². The van der Waals surface area contributed by atoms with Crippen LogP contribution in [-0.2, 0) is 16.0 Å². The van der Waals surface area contributed by atoms with Crippen molar-refractivity contribution in [1.82, 2.24) is 14.9 Å². The molecule has 1 fully saturated rings. The molecule has 1 aromatic heterocycles. The van der Waals surface area contributed by atoms with Gasteiger partial charge in [0.25, 0.3) is 0 Å². The molecule has 5 nitrogen and oxygen atoms in total. The van der Waals surface area contributed by atoms with Crippen molar-refractivity contribution in [3.8, 4) is 0 Å². The van der Waals surface area contributed by atoms with E-state index in [0.29, 0.717) is 32.5 Å². The molecule has 0 aliphatic carbocycles. The summed E-state index contributed by atoms with van der Waals surface area (Å²) in [7, 11) is 0. The second-order valence-electron chi connectivity index (χ2n) is 5.78. The molecule has 1 N–H and O–H groups in total. The number of imidazole rings is 1. The number of halogens is 1. The van der Waals surface area contributed by atoms with Crippen LogP contribution >= 0.6 is 0 Å². The molecule has 1 aliphatic rings. The Bertz CT molecular complexity index is 669. The number of hydrogen-bond acceptors (Lipinski definition) is 3. The molecule has 23 heavy (non-hydrogen) atoms. The minimum absolute atomic E-state index is 0.0888. The van der Waals surface area contributed by atoms with E-state index in [-0.39, 0.29) is 17.8 Å². The van der Waals surface area contributed by atoms with Crippen molar-refractivity contribution < 1.29 is 13.9 Å². The molecule has 1 saturated heterocycles. The number of aromatic amines is 1. The van der Waals surface area contributed by atoms with Gasteiger partial charge in [0.1, 0.15) is 17.7 Å². The van der Waals surface area contributed by atoms with E-state index in [1.54, 1.807) is 18.3 Å². The minimum atomic E-state index is -0.259. The number of aryl methyl sites for hydroxylation is 2. The first kappa shape index (κ1) is 15.7. The number of nitrogens with zero attached hydrogens (tertiary/aromatic N) is 2. The van der Waals surface area contributed by atoms with Gasteiger partial charge < -0.3 is 14.6 Å². The molecule has 2 heterocycles. The summed E-state index contributed by atoms with van der Waals surface area (Å²) in [6.45, 7) is 3.55. The first-order valence-corrected chi connectivity index (χ1v) is 7.77. The summed E-state index contributed by atoms with van der Waals surface area (Å²) in [6.07, 6.45) is 2.58. The number of nitrogens with one attached hydrogen (secondary N) is 1. The molecule has 1 atom stereocenters. The molecular weight excluding hydrogens is 297 g/mol. The SMILES string of the molecule is Cc1cnc([C@H]2CN(C(=O)CCc3ccc(F)cc3)CCO2)[nH]1. The Balaban J connectivity index is 1.55. The fraction of sp³-hybridized carbons (Fsp3) is 0.412. The third-order valence-electron chi connectivity index (χ3n) is 3.99. The molecule has 0 saturated carbocycles. The van der Waals surface area contributed by atoms with Gasteiger partial charge in [0, 0.05) is 24.9 Å². The molecule has 0 bridgehead atoms. The van der Waals surface area contributed by atoms with Crippen LogP contribution in [0.1, 0.15) is 29.6 Å². The number of rotatable bonds is 4. The number of carbonyl (C=O) groups is 1. The van der Waals surface area contributed by atoms with Gasteiger partial charge in [-0.3, -0.25) is 4.79 Å². The highest BCUT2D eigenvalue weighted by molar-refractivity contribution is 5.76. The summed E-state index contributed by atoms with van der Waals surface area (Å²) in [4.78, 5) is 21.6. The van der Waals surface area contributed by atoms with Crippen LogP contribution in [0.5, 0.6) is 0 Å². The van der Waals surface area contributed by atoms with Crippen molar-refractivity contribution in [3.63, 3.8) is 0 Å². The third-order valence-corrected chi connectivity index (χ3v) is 3.99. The molecule has 0 spiro atoms. The van der Waals surface area contributed by atoms with Gasteiger partial charge in [0.05, 0.1) is 13.2 Å². The zero-order valence-electron chi connectivity index (χ0n) is 13.1. The fourth-order valence-corrected chi connectivity index (χ4v) is 2.70. The Morgan fingerprint density at radius 1 is 1.43 bits per heavy atom. The first-order valence-electron chi connectivity index (χ1n) is 7.77. The van der Waals surface area contributed by atoms with Gasteiger partial charge in [-0.15, -0.1) is 0 Å². The Kier molecular flexibility index (Phi) is 4.71. The third kappa shape index (κ3) is 3.96. The van der Waals surface area contributed by atoms with Gasteiger partial charge in [-0.1, -0.05) is 12.1 Å². The standard InChI is InChI=1S/C17H20FN3O2/c1-12-10-19-17(20-12)15-11-21(8-9-23-15)16(22)7-4-13-2-5-14(18)6-3-13/h2-3,5-6,10,15H,4,7-9,11H2,1H3,(H,19,20)/t15-/m1/s1. The maximum absolute atomic E-state index is 12.9. The van der Waals surface area contributed by atoms with Crippen molar-refractivity contribution >= 4 is 5.91 Å². The number of carbonyl (C=O) groups excluding carboxylic acids is 1. The average molecular weight is 317 g/mol. The number of ether oxygens (including phenoxy) is 1. The monoisotopic (exact) mass is 317 g/mol. The van der Waals surface area contributed by atoms with E-state index in [1.165, 1.54) is 12.1 Å². The molecule has 3 rings (SSSR count). The zero-order valence-corrected chi connectivity index (χ0v) is 13.1. The van der Waals surface area contributed by atoms with Gasteiger partial charge in [-0.25, -0.2) is 9.37 Å². The Morgan fingerprint density at radius 3 is 2.91 bits per heavy atom. The molecule has 0 unspecified atom stereocenters. The van der Waals surface area contributed by atoms with Crippen LogP contribution in [0.2, 0.25) is 0 Å². The van der Waals surface area contributed by atoms with Gasteiger partial charge in [0.15, 0.2) is 0 Å². The summed E-state index contributed by atoms with van der Waals surface area (Å²) in [5.74, 6) is 0.592. The van der Waals surface area contributed by atoms with E-state index in [0.717, 1.165) is 17.1 Å². The highest BCUT2D eigenvalue weighted by Gasteiger charge is 2.26. The van der Waals surface area contributed by atoms with Crippen molar-refractivity contribution in [2.45, 2.75) is 25.9 Å². The van der Waals surface area contributed by atoms with Crippen LogP contribution < -0.4 is 0 Å². The first-order chi connectivity index (χ1) is 11.1. The lowest BCUT2D eigenvalue weighted by Gasteiger charge is -2.32. The summed E-state index contributed by atoms with van der Waals surface area (Å²) < 4.78 is 18.6. The van der Waals surface area contributed by atoms with Crippen molar-refractivity contribution in [2.75, 3.05) is 19.7 Å². The molecule has 1 amide bonds. The fourth-order valence-electron chi connectivity index (χ4n) is 2.70. The lowest BCUT2D eigenvalue weighted by atomic mass is 10.1. The molecule has 122 valence electrons. The molecule has 0 radical (unpaired) electrons. The van der Waals surface area contributed by atoms with Gasteiger partial charge >= 0.3 is 0 Å². The highest BCUT2D eigenvalue weighted by atomic mass is 19.1. The Labute approximate surface area is 134 Å². The summed E-state index contributed by atoms with van der Waals surface area (Å²) in [5.41, 5.74) is 1.94. The highest BCUT2D eigenvalue weighted by Crippen LogP contribution is 2.20. The van der Waals surface area contributed by atoms with Crippen molar-refractivity contribution in [3.05, 3.63) is 53.4 Å². The van der Waals surface area contributed by atoms with E-state index in [2.05, 4.69) is 9.97 Å². The lowest BCUT2D eigenvalue weighted by Crippen LogP contribution is -2.42. The topological polar surface area (TPSA) is 58.2 Å². The Morgan fingerprint density at radius 2 is 2.22 bits per heavy atom. The number of benzene rings is 1. The predicted octanol–water partition coefficient (Wildman–Crippen LogP) is 2.39. The molecule has 6 heteroatoms.